The normalized spacial score (nSPS) is 12.1. The van der Waals surface area contributed by atoms with Gasteiger partial charge in [-0.05, 0) is 6.07 Å². The first-order chi connectivity index (χ1) is 10.1. The number of methoxy groups -OCH3 is 1. The van der Waals surface area contributed by atoms with Gasteiger partial charge >= 0.3 is 0 Å². The summed E-state index contributed by atoms with van der Waals surface area (Å²) in [6, 6.07) is 7.17. The van der Waals surface area contributed by atoms with E-state index >= 15 is 0 Å². The number of ether oxygens (including phenoxy) is 1. The van der Waals surface area contributed by atoms with E-state index in [1.165, 1.54) is 13.3 Å². The summed E-state index contributed by atoms with van der Waals surface area (Å²) in [5.41, 5.74) is 1.60. The summed E-state index contributed by atoms with van der Waals surface area (Å²) in [6.07, 6.45) is 0.672. The van der Waals surface area contributed by atoms with Gasteiger partial charge in [-0.1, -0.05) is 29.8 Å². The molecule has 2 aromatic rings. The lowest BCUT2D eigenvalue weighted by atomic mass is 10.1. The quantitative estimate of drug-likeness (QED) is 0.754. The van der Waals surface area contributed by atoms with E-state index in [1.54, 1.807) is 12.1 Å². The third kappa shape index (κ3) is 3.81. The molecule has 0 saturated carbocycles. The van der Waals surface area contributed by atoms with Crippen LogP contribution in [0.15, 0.2) is 30.5 Å². The summed E-state index contributed by atoms with van der Waals surface area (Å²) in [5, 5.41) is 19.4. The number of carbonyl (C=O) groups is 1. The Hall–Kier alpha value is -1.89. The van der Waals surface area contributed by atoms with Crippen molar-refractivity contribution < 1.29 is 14.6 Å². The Bertz CT molecular complexity index is 615. The fraction of sp³-hybridized carbons (Fsp3) is 0.286. The number of aliphatic hydroxyl groups is 1. The van der Waals surface area contributed by atoms with Crippen LogP contribution in [0.1, 0.15) is 10.4 Å². The van der Waals surface area contributed by atoms with Crippen LogP contribution < -0.4 is 5.32 Å². The summed E-state index contributed by atoms with van der Waals surface area (Å²) in [7, 11) is 1.48. The lowest BCUT2D eigenvalue weighted by Gasteiger charge is -2.11. The van der Waals surface area contributed by atoms with Crippen LogP contribution in [0.2, 0.25) is 5.02 Å². The van der Waals surface area contributed by atoms with Gasteiger partial charge in [0.05, 0.1) is 30.2 Å². The van der Waals surface area contributed by atoms with Crippen LogP contribution in [0.3, 0.4) is 0 Å². The number of carbonyl (C=O) groups excluding carboxylic acids is 1. The van der Waals surface area contributed by atoms with E-state index in [1.807, 2.05) is 12.1 Å². The van der Waals surface area contributed by atoms with Gasteiger partial charge in [-0.25, -0.2) is 0 Å². The zero-order valence-electron chi connectivity index (χ0n) is 11.5. The molecule has 0 radical (unpaired) electrons. The second kappa shape index (κ2) is 7.21. The average molecular weight is 310 g/mol. The molecule has 1 heterocycles. The van der Waals surface area contributed by atoms with Crippen LogP contribution in [0, 0.1) is 0 Å². The Morgan fingerprint density at radius 2 is 2.29 bits per heavy atom. The van der Waals surface area contributed by atoms with Crippen LogP contribution in [0.25, 0.3) is 11.3 Å². The number of nitrogens with one attached hydrogen (secondary N) is 2. The molecule has 0 aliphatic rings. The van der Waals surface area contributed by atoms with Gasteiger partial charge in [0.1, 0.15) is 0 Å². The Balaban J connectivity index is 2.13. The largest absolute Gasteiger partial charge is 0.389 e. The molecule has 112 valence electrons. The number of halogens is 1. The number of aliphatic hydroxyl groups excluding tert-OH is 1. The molecular formula is C14H16ClN3O3. The van der Waals surface area contributed by atoms with Crippen molar-refractivity contribution in [2.24, 2.45) is 0 Å². The van der Waals surface area contributed by atoms with Crippen LogP contribution in [0.5, 0.6) is 0 Å². The summed E-state index contributed by atoms with van der Waals surface area (Å²) in [4.78, 5) is 12.2. The first kappa shape index (κ1) is 15.5. The SMILES string of the molecule is COCC(O)CNC(=O)c1cn[nH]c1-c1ccccc1Cl. The zero-order chi connectivity index (χ0) is 15.2. The molecule has 0 spiro atoms. The van der Waals surface area contributed by atoms with Gasteiger partial charge in [0.15, 0.2) is 0 Å². The van der Waals surface area contributed by atoms with Crippen LogP contribution >= 0.6 is 11.6 Å². The first-order valence-corrected chi connectivity index (χ1v) is 6.74. The molecule has 0 bridgehead atoms. The highest BCUT2D eigenvalue weighted by Gasteiger charge is 2.17. The Kier molecular flexibility index (Phi) is 5.32. The topological polar surface area (TPSA) is 87.2 Å². The molecule has 1 aromatic carbocycles. The molecule has 2 rings (SSSR count). The maximum atomic E-state index is 12.2. The highest BCUT2D eigenvalue weighted by molar-refractivity contribution is 6.33. The lowest BCUT2D eigenvalue weighted by Crippen LogP contribution is -2.34. The number of nitrogens with zero attached hydrogens (tertiary/aromatic N) is 1. The highest BCUT2D eigenvalue weighted by atomic mass is 35.5. The number of hydrogen-bond acceptors (Lipinski definition) is 4. The highest BCUT2D eigenvalue weighted by Crippen LogP contribution is 2.28. The summed E-state index contributed by atoms with van der Waals surface area (Å²) in [5.74, 6) is -0.339. The van der Waals surface area contributed by atoms with Gasteiger partial charge in [-0.3, -0.25) is 9.89 Å². The van der Waals surface area contributed by atoms with E-state index in [-0.39, 0.29) is 19.1 Å². The second-order valence-corrected chi connectivity index (χ2v) is 4.86. The minimum Gasteiger partial charge on any atom is -0.389 e. The number of H-pyrrole nitrogens is 1. The van der Waals surface area contributed by atoms with Gasteiger partial charge in [0.2, 0.25) is 0 Å². The van der Waals surface area contributed by atoms with Gasteiger partial charge in [-0.15, -0.1) is 0 Å². The molecule has 1 aromatic heterocycles. The molecule has 0 aliphatic heterocycles. The van der Waals surface area contributed by atoms with E-state index in [4.69, 9.17) is 16.3 Å². The van der Waals surface area contributed by atoms with E-state index < -0.39 is 6.10 Å². The summed E-state index contributed by atoms with van der Waals surface area (Å²) < 4.78 is 4.80. The average Bonchev–Trinajstić information content (AvgIpc) is 2.95. The van der Waals surface area contributed by atoms with Crippen LogP contribution in [-0.2, 0) is 4.74 Å². The molecule has 1 amide bonds. The third-order valence-electron chi connectivity index (χ3n) is 2.88. The van der Waals surface area contributed by atoms with E-state index in [9.17, 15) is 9.90 Å². The molecule has 1 atom stereocenters. The number of hydrogen-bond donors (Lipinski definition) is 3. The number of aromatic amines is 1. The summed E-state index contributed by atoms with van der Waals surface area (Å²) >= 11 is 6.13. The first-order valence-electron chi connectivity index (χ1n) is 6.37. The van der Waals surface area contributed by atoms with Gasteiger partial charge in [0.25, 0.3) is 5.91 Å². The van der Waals surface area contributed by atoms with Crippen molar-refractivity contribution in [3.8, 4) is 11.3 Å². The third-order valence-corrected chi connectivity index (χ3v) is 3.21. The van der Waals surface area contributed by atoms with Crippen molar-refractivity contribution in [3.63, 3.8) is 0 Å². The fourth-order valence-electron chi connectivity index (χ4n) is 1.88. The van der Waals surface area contributed by atoms with Gasteiger partial charge < -0.3 is 15.2 Å². The monoisotopic (exact) mass is 309 g/mol. The number of aromatic nitrogens is 2. The van der Waals surface area contributed by atoms with Gasteiger partial charge in [-0.2, -0.15) is 5.10 Å². The predicted molar refractivity (Wildman–Crippen MR) is 79.2 cm³/mol. The maximum absolute atomic E-state index is 12.2. The zero-order valence-corrected chi connectivity index (χ0v) is 12.2. The molecule has 6 nitrogen and oxygen atoms in total. The Morgan fingerprint density at radius 3 is 3.00 bits per heavy atom. The Labute approximate surface area is 127 Å². The molecule has 0 fully saturated rings. The molecule has 3 N–H and O–H groups in total. The van der Waals surface area contributed by atoms with Crippen molar-refractivity contribution in [1.29, 1.82) is 0 Å². The van der Waals surface area contributed by atoms with Crippen molar-refractivity contribution in [3.05, 3.63) is 41.0 Å². The van der Waals surface area contributed by atoms with Crippen LogP contribution in [0.4, 0.5) is 0 Å². The van der Waals surface area contributed by atoms with Gasteiger partial charge in [0, 0.05) is 24.2 Å². The van der Waals surface area contributed by atoms with E-state index in [0.29, 0.717) is 21.8 Å². The molecule has 21 heavy (non-hydrogen) atoms. The Morgan fingerprint density at radius 1 is 1.52 bits per heavy atom. The van der Waals surface area contributed by atoms with E-state index in [0.717, 1.165) is 0 Å². The number of rotatable bonds is 6. The van der Waals surface area contributed by atoms with Crippen molar-refractivity contribution in [2.45, 2.75) is 6.10 Å². The standard InChI is InChI=1S/C14H16ClN3O3/c1-21-8-9(19)6-16-14(20)11-7-17-18-13(11)10-4-2-3-5-12(10)15/h2-5,7,9,19H,6,8H2,1H3,(H,16,20)(H,17,18). The fourth-order valence-corrected chi connectivity index (χ4v) is 2.11. The van der Waals surface area contributed by atoms with Crippen molar-refractivity contribution in [2.75, 3.05) is 20.3 Å². The molecule has 0 aliphatic carbocycles. The minimum atomic E-state index is -0.755. The maximum Gasteiger partial charge on any atom is 0.255 e. The lowest BCUT2D eigenvalue weighted by molar-refractivity contribution is 0.0610. The minimum absolute atomic E-state index is 0.0970. The smallest absolute Gasteiger partial charge is 0.255 e. The predicted octanol–water partition coefficient (Wildman–Crippen LogP) is 1.47. The summed E-state index contributed by atoms with van der Waals surface area (Å²) in [6.45, 7) is 0.253. The van der Waals surface area contributed by atoms with E-state index in [2.05, 4.69) is 15.5 Å². The van der Waals surface area contributed by atoms with Crippen molar-refractivity contribution >= 4 is 17.5 Å². The second-order valence-electron chi connectivity index (χ2n) is 4.46. The number of benzene rings is 1. The van der Waals surface area contributed by atoms with Crippen molar-refractivity contribution in [1.82, 2.24) is 15.5 Å². The molecular weight excluding hydrogens is 294 g/mol. The number of amides is 1. The molecule has 1 unspecified atom stereocenters. The molecule has 7 heteroatoms. The molecule has 0 saturated heterocycles. The van der Waals surface area contributed by atoms with Crippen LogP contribution in [-0.4, -0.2) is 47.6 Å².